The zero-order valence-electron chi connectivity index (χ0n) is 20.2. The number of aryl methyl sites for hydroxylation is 1. The molecule has 0 amide bonds. The van der Waals surface area contributed by atoms with Crippen LogP contribution in [-0.4, -0.2) is 58.6 Å². The number of benzene rings is 1. The fourth-order valence-corrected chi connectivity index (χ4v) is 6.39. The molecule has 2 aromatic rings. The lowest BCUT2D eigenvalue weighted by Gasteiger charge is -2.34. The van der Waals surface area contributed by atoms with E-state index in [4.69, 9.17) is 21.1 Å². The van der Waals surface area contributed by atoms with Gasteiger partial charge in [-0.25, -0.2) is 0 Å². The quantitative estimate of drug-likeness (QED) is 0.634. The van der Waals surface area contributed by atoms with Gasteiger partial charge in [-0.1, -0.05) is 30.2 Å². The van der Waals surface area contributed by atoms with E-state index in [1.165, 1.54) is 42.4 Å². The Morgan fingerprint density at radius 2 is 1.97 bits per heavy atom. The molecule has 1 aliphatic carbocycles. The van der Waals surface area contributed by atoms with Gasteiger partial charge in [-0.15, -0.1) is 6.42 Å². The van der Waals surface area contributed by atoms with E-state index in [1.54, 1.807) is 0 Å². The Kier molecular flexibility index (Phi) is 5.92. The Balaban J connectivity index is 1.30. The number of likely N-dealkylation sites (N-methyl/N-ethyl adjacent to an activating group) is 1. The number of rotatable bonds is 5. The molecule has 2 saturated heterocycles. The highest BCUT2D eigenvalue weighted by molar-refractivity contribution is 5.54. The lowest BCUT2D eigenvalue weighted by Crippen LogP contribution is -2.40. The van der Waals surface area contributed by atoms with Gasteiger partial charge < -0.3 is 14.5 Å². The summed E-state index contributed by atoms with van der Waals surface area (Å²) in [5.74, 6) is 4.04. The van der Waals surface area contributed by atoms with E-state index >= 15 is 0 Å². The topological polar surface area (TPSA) is 44.7 Å². The number of likely N-dealkylation sites (tertiary alicyclic amines) is 1. The Bertz CT molecular complexity index is 1090. The number of terminal acetylenes is 1. The van der Waals surface area contributed by atoms with E-state index in [0.717, 1.165) is 57.0 Å². The number of anilines is 1. The Morgan fingerprint density at radius 1 is 1.06 bits per heavy atom. The second-order valence-electron chi connectivity index (χ2n) is 10.4. The molecule has 3 aliphatic heterocycles. The molecule has 1 aromatic carbocycles. The Labute approximate surface area is 203 Å². The first-order valence-electron chi connectivity index (χ1n) is 13.0. The SMILES string of the molecule is C#C[C@H]1CCCCN1c1nc(OC[C@@H]2CCCN2C)nc2c1CN(C1CCc3ccccc31)C2. The van der Waals surface area contributed by atoms with Gasteiger partial charge in [-0.3, -0.25) is 4.90 Å². The summed E-state index contributed by atoms with van der Waals surface area (Å²) in [7, 11) is 2.18. The minimum atomic E-state index is 0.0998. The van der Waals surface area contributed by atoms with Crippen molar-refractivity contribution in [3.8, 4) is 18.4 Å². The van der Waals surface area contributed by atoms with Crippen LogP contribution >= 0.6 is 0 Å². The zero-order chi connectivity index (χ0) is 23.1. The number of fused-ring (bicyclic) bond motifs is 2. The molecule has 34 heavy (non-hydrogen) atoms. The molecule has 6 nitrogen and oxygen atoms in total. The fourth-order valence-electron chi connectivity index (χ4n) is 6.39. The molecule has 1 unspecified atom stereocenters. The van der Waals surface area contributed by atoms with E-state index in [9.17, 15) is 0 Å². The first kappa shape index (κ1) is 21.9. The standard InChI is InChI=1S/C28H35N5O/c1-3-21-10-6-7-16-33(21)27-24-17-32(26-14-13-20-9-4-5-12-23(20)26)18-25(24)29-28(30-27)34-19-22-11-8-15-31(22)2/h1,4-5,9,12,21-22,26H,6-8,10-11,13-19H2,2H3/t21-,22-,26?/m0/s1. The van der Waals surface area contributed by atoms with E-state index in [-0.39, 0.29) is 6.04 Å². The van der Waals surface area contributed by atoms with Crippen molar-refractivity contribution < 1.29 is 4.74 Å². The molecule has 178 valence electrons. The van der Waals surface area contributed by atoms with Gasteiger partial charge in [0.2, 0.25) is 0 Å². The van der Waals surface area contributed by atoms with Crippen molar-refractivity contribution in [2.24, 2.45) is 0 Å². The maximum absolute atomic E-state index is 6.24. The van der Waals surface area contributed by atoms with Gasteiger partial charge in [0, 0.05) is 37.3 Å². The van der Waals surface area contributed by atoms with Crippen LogP contribution in [0, 0.1) is 12.3 Å². The second-order valence-corrected chi connectivity index (χ2v) is 10.4. The number of nitrogens with zero attached hydrogens (tertiary/aromatic N) is 5. The van der Waals surface area contributed by atoms with Crippen LogP contribution in [0.1, 0.15) is 67.0 Å². The van der Waals surface area contributed by atoms with Gasteiger partial charge in [-0.2, -0.15) is 9.97 Å². The van der Waals surface area contributed by atoms with E-state index < -0.39 is 0 Å². The Hall–Kier alpha value is -2.62. The van der Waals surface area contributed by atoms with Crippen molar-refractivity contribution in [2.45, 2.75) is 76.2 Å². The van der Waals surface area contributed by atoms with E-state index in [0.29, 0.717) is 24.7 Å². The van der Waals surface area contributed by atoms with Crippen LogP contribution in [0.2, 0.25) is 0 Å². The molecule has 2 fully saturated rings. The zero-order valence-corrected chi connectivity index (χ0v) is 20.2. The third-order valence-corrected chi connectivity index (χ3v) is 8.35. The number of hydrogen-bond donors (Lipinski definition) is 0. The van der Waals surface area contributed by atoms with Crippen LogP contribution in [0.25, 0.3) is 0 Å². The summed E-state index contributed by atoms with van der Waals surface area (Å²) in [6.45, 7) is 4.46. The summed E-state index contributed by atoms with van der Waals surface area (Å²) in [4.78, 5) is 17.3. The lowest BCUT2D eigenvalue weighted by molar-refractivity contribution is 0.186. The fraction of sp³-hybridized carbons (Fsp3) is 0.571. The third kappa shape index (κ3) is 3.95. The van der Waals surface area contributed by atoms with Gasteiger partial charge >= 0.3 is 6.01 Å². The lowest BCUT2D eigenvalue weighted by atomic mass is 10.0. The van der Waals surface area contributed by atoms with Crippen molar-refractivity contribution in [3.05, 3.63) is 46.6 Å². The normalized spacial score (nSPS) is 26.9. The molecule has 0 N–H and O–H groups in total. The summed E-state index contributed by atoms with van der Waals surface area (Å²) in [6.07, 6.45) is 14.1. The molecular formula is C28H35N5O. The van der Waals surface area contributed by atoms with Gasteiger partial charge in [0.05, 0.1) is 11.7 Å². The van der Waals surface area contributed by atoms with Gasteiger partial charge in [0.15, 0.2) is 0 Å². The van der Waals surface area contributed by atoms with Crippen molar-refractivity contribution in [2.75, 3.05) is 31.6 Å². The predicted octanol–water partition coefficient (Wildman–Crippen LogP) is 3.94. The number of ether oxygens (including phenoxy) is 1. The maximum Gasteiger partial charge on any atom is 0.318 e. The van der Waals surface area contributed by atoms with Gasteiger partial charge in [0.25, 0.3) is 0 Å². The first-order valence-corrected chi connectivity index (χ1v) is 13.0. The summed E-state index contributed by atoms with van der Waals surface area (Å²) >= 11 is 0. The number of piperidine rings is 1. The molecule has 0 radical (unpaired) electrons. The van der Waals surface area contributed by atoms with E-state index in [2.05, 4.69) is 51.9 Å². The smallest absolute Gasteiger partial charge is 0.318 e. The molecule has 0 bridgehead atoms. The molecule has 3 atom stereocenters. The van der Waals surface area contributed by atoms with Crippen molar-refractivity contribution in [1.82, 2.24) is 19.8 Å². The monoisotopic (exact) mass is 457 g/mol. The molecule has 0 saturated carbocycles. The minimum Gasteiger partial charge on any atom is -0.462 e. The maximum atomic E-state index is 6.24. The summed E-state index contributed by atoms with van der Waals surface area (Å²) in [5.41, 5.74) is 5.33. The third-order valence-electron chi connectivity index (χ3n) is 8.35. The molecule has 0 spiro atoms. The van der Waals surface area contributed by atoms with Crippen molar-refractivity contribution in [1.29, 1.82) is 0 Å². The minimum absolute atomic E-state index is 0.0998. The molecular weight excluding hydrogens is 422 g/mol. The Morgan fingerprint density at radius 3 is 2.82 bits per heavy atom. The van der Waals surface area contributed by atoms with Crippen LogP contribution in [-0.2, 0) is 19.5 Å². The van der Waals surface area contributed by atoms with Crippen molar-refractivity contribution >= 4 is 5.82 Å². The summed E-state index contributed by atoms with van der Waals surface area (Å²) in [5, 5.41) is 0. The van der Waals surface area contributed by atoms with Crippen LogP contribution in [0.5, 0.6) is 6.01 Å². The van der Waals surface area contributed by atoms with E-state index in [1.807, 2.05) is 0 Å². The largest absolute Gasteiger partial charge is 0.462 e. The molecule has 4 aliphatic rings. The van der Waals surface area contributed by atoms with Gasteiger partial charge in [0.1, 0.15) is 12.4 Å². The molecule has 6 rings (SSSR count). The average molecular weight is 458 g/mol. The highest BCUT2D eigenvalue weighted by Gasteiger charge is 2.36. The first-order chi connectivity index (χ1) is 16.7. The highest BCUT2D eigenvalue weighted by Crippen LogP contribution is 2.42. The number of hydrogen-bond acceptors (Lipinski definition) is 6. The highest BCUT2D eigenvalue weighted by atomic mass is 16.5. The molecule has 6 heteroatoms. The molecule has 1 aromatic heterocycles. The summed E-state index contributed by atoms with van der Waals surface area (Å²) in [6, 6.07) is 10.4. The van der Waals surface area contributed by atoms with Gasteiger partial charge in [-0.05, 0) is 69.7 Å². The van der Waals surface area contributed by atoms with Crippen LogP contribution in [0.3, 0.4) is 0 Å². The number of aromatic nitrogens is 2. The predicted molar refractivity (Wildman–Crippen MR) is 134 cm³/mol. The second kappa shape index (κ2) is 9.20. The van der Waals surface area contributed by atoms with Crippen LogP contribution < -0.4 is 9.64 Å². The van der Waals surface area contributed by atoms with Crippen molar-refractivity contribution in [3.63, 3.8) is 0 Å². The average Bonchev–Trinajstić information content (AvgIpc) is 3.59. The van der Waals surface area contributed by atoms with Crippen LogP contribution in [0.4, 0.5) is 5.82 Å². The molecule has 4 heterocycles. The van der Waals surface area contributed by atoms with Crippen LogP contribution in [0.15, 0.2) is 24.3 Å². The summed E-state index contributed by atoms with van der Waals surface area (Å²) < 4.78 is 6.24.